The highest BCUT2D eigenvalue weighted by Crippen LogP contribution is 2.41. The van der Waals surface area contributed by atoms with Crippen molar-refractivity contribution in [2.45, 2.75) is 39.4 Å². The molecule has 3 rings (SSSR count). The lowest BCUT2D eigenvalue weighted by Crippen LogP contribution is -2.52. The van der Waals surface area contributed by atoms with Crippen molar-refractivity contribution in [3.8, 4) is 6.07 Å². The summed E-state index contributed by atoms with van der Waals surface area (Å²) >= 11 is 0. The molecule has 8 nitrogen and oxygen atoms in total. The van der Waals surface area contributed by atoms with Crippen LogP contribution in [0.15, 0.2) is 59.8 Å². The zero-order valence-corrected chi connectivity index (χ0v) is 21.0. The molecule has 38 heavy (non-hydrogen) atoms. The number of ether oxygens (including phenoxy) is 2. The van der Waals surface area contributed by atoms with E-state index in [4.69, 9.17) is 9.47 Å². The van der Waals surface area contributed by atoms with Gasteiger partial charge in [0.1, 0.15) is 6.54 Å². The molecule has 2 aromatic carbocycles. The molecule has 0 radical (unpaired) electrons. The van der Waals surface area contributed by atoms with E-state index in [1.165, 1.54) is 37.3 Å². The molecule has 0 bridgehead atoms. The number of urea groups is 1. The monoisotopic (exact) mass is 529 g/mol. The van der Waals surface area contributed by atoms with Crippen molar-refractivity contribution in [3.05, 3.63) is 76.5 Å². The minimum Gasteiger partial charge on any atom is -0.464 e. The fourth-order valence-corrected chi connectivity index (χ4v) is 4.10. The molecule has 2 aromatic rings. The van der Waals surface area contributed by atoms with E-state index in [1.807, 2.05) is 6.07 Å². The second-order valence-electron chi connectivity index (χ2n) is 8.37. The summed E-state index contributed by atoms with van der Waals surface area (Å²) in [4.78, 5) is 41.8. The molecule has 1 unspecified atom stereocenters. The Bertz CT molecular complexity index is 1280. The third-order valence-electron chi connectivity index (χ3n) is 5.80. The summed E-state index contributed by atoms with van der Waals surface area (Å²) in [5.74, 6) is -1.57. The summed E-state index contributed by atoms with van der Waals surface area (Å²) in [6.07, 6.45) is -4.15. The highest BCUT2D eigenvalue weighted by molar-refractivity contribution is 6.04. The number of rotatable bonds is 8. The lowest BCUT2D eigenvalue weighted by atomic mass is 9.92. The molecule has 2 amide bonds. The third-order valence-corrected chi connectivity index (χ3v) is 5.80. The van der Waals surface area contributed by atoms with E-state index in [9.17, 15) is 32.8 Å². The summed E-state index contributed by atoms with van der Waals surface area (Å²) in [5, 5.41) is 9.18. The van der Waals surface area contributed by atoms with Gasteiger partial charge in [-0.15, -0.1) is 0 Å². The summed E-state index contributed by atoms with van der Waals surface area (Å²) in [5.41, 5.74) is -0.414. The largest absolute Gasteiger partial charge is 0.464 e. The Hall–Kier alpha value is -4.33. The molecule has 0 saturated heterocycles. The Balaban J connectivity index is 2.25. The molecule has 0 spiro atoms. The number of anilines is 1. The fraction of sp³-hybridized carbons (Fsp3) is 0.333. The molecule has 1 aliphatic heterocycles. The molecule has 0 saturated carbocycles. The van der Waals surface area contributed by atoms with Crippen LogP contribution in [0.25, 0.3) is 0 Å². The molecule has 0 aromatic heterocycles. The number of halogens is 3. The summed E-state index contributed by atoms with van der Waals surface area (Å²) in [6, 6.07) is 10.2. The number of amides is 2. The number of hydrogen-bond donors (Lipinski definition) is 0. The smallest absolute Gasteiger partial charge is 0.416 e. The van der Waals surface area contributed by atoms with Crippen LogP contribution in [-0.4, -0.2) is 42.6 Å². The van der Waals surface area contributed by atoms with Crippen LogP contribution in [0, 0.1) is 11.3 Å². The first-order valence-corrected chi connectivity index (χ1v) is 11.8. The van der Waals surface area contributed by atoms with Gasteiger partial charge in [0, 0.05) is 5.70 Å². The van der Waals surface area contributed by atoms with Gasteiger partial charge in [-0.3, -0.25) is 9.69 Å². The summed E-state index contributed by atoms with van der Waals surface area (Å²) < 4.78 is 50.8. The van der Waals surface area contributed by atoms with Gasteiger partial charge in [-0.05, 0) is 56.2 Å². The lowest BCUT2D eigenvalue weighted by molar-refractivity contribution is -0.145. The lowest BCUT2D eigenvalue weighted by Gasteiger charge is -2.42. The molecule has 0 fully saturated rings. The molecular weight excluding hydrogens is 503 g/mol. The molecule has 1 atom stereocenters. The number of carbonyl (C=O) groups excluding carboxylic acids is 3. The quantitative estimate of drug-likeness (QED) is 0.428. The first kappa shape index (κ1) is 28.2. The zero-order chi connectivity index (χ0) is 28.0. The van der Waals surface area contributed by atoms with Crippen LogP contribution in [0.3, 0.4) is 0 Å². The fourth-order valence-electron chi connectivity index (χ4n) is 4.10. The van der Waals surface area contributed by atoms with Gasteiger partial charge in [0.05, 0.1) is 47.7 Å². The van der Waals surface area contributed by atoms with E-state index in [1.54, 1.807) is 13.8 Å². The molecule has 0 aliphatic carbocycles. The number of carbonyl (C=O) groups is 3. The molecule has 200 valence electrons. The zero-order valence-electron chi connectivity index (χ0n) is 21.0. The van der Waals surface area contributed by atoms with Gasteiger partial charge in [0.2, 0.25) is 0 Å². The van der Waals surface area contributed by atoms with Crippen LogP contribution in [0.1, 0.15) is 49.9 Å². The average Bonchev–Trinajstić information content (AvgIpc) is 2.88. The van der Waals surface area contributed by atoms with Crippen LogP contribution < -0.4 is 4.90 Å². The first-order chi connectivity index (χ1) is 18.0. The Morgan fingerprint density at radius 1 is 1.08 bits per heavy atom. The average molecular weight is 530 g/mol. The van der Waals surface area contributed by atoms with Crippen LogP contribution in [-0.2, 0) is 25.2 Å². The number of esters is 2. The van der Waals surface area contributed by atoms with Crippen molar-refractivity contribution in [2.24, 2.45) is 0 Å². The number of benzene rings is 2. The predicted octanol–water partition coefficient (Wildman–Crippen LogP) is 5.35. The number of alkyl halides is 3. The predicted molar refractivity (Wildman–Crippen MR) is 131 cm³/mol. The van der Waals surface area contributed by atoms with Crippen molar-refractivity contribution in [3.63, 3.8) is 0 Å². The van der Waals surface area contributed by atoms with Crippen molar-refractivity contribution in [2.75, 3.05) is 24.7 Å². The van der Waals surface area contributed by atoms with Gasteiger partial charge in [-0.25, -0.2) is 9.59 Å². The highest BCUT2D eigenvalue weighted by Gasteiger charge is 2.44. The normalized spacial score (nSPS) is 15.8. The van der Waals surface area contributed by atoms with Crippen molar-refractivity contribution in [1.29, 1.82) is 5.26 Å². The maximum atomic E-state index is 13.9. The maximum absolute atomic E-state index is 13.9. The SMILES string of the molecule is CCCOC(=O)CN1C(=O)N(c2cccc(C(F)(F)F)c2)C(C)=C(C(=O)OCC)C1c1ccc(C#N)cc1. The van der Waals surface area contributed by atoms with Crippen molar-refractivity contribution in [1.82, 2.24) is 4.90 Å². The van der Waals surface area contributed by atoms with Crippen LogP contribution in [0.4, 0.5) is 23.7 Å². The second-order valence-corrected chi connectivity index (χ2v) is 8.37. The summed E-state index contributed by atoms with van der Waals surface area (Å²) in [6.45, 7) is 4.30. The van der Waals surface area contributed by atoms with Crippen LogP contribution in [0.5, 0.6) is 0 Å². The molecule has 11 heteroatoms. The molecule has 0 N–H and O–H groups in total. The van der Waals surface area contributed by atoms with E-state index < -0.39 is 42.3 Å². The van der Waals surface area contributed by atoms with E-state index in [2.05, 4.69) is 0 Å². The van der Waals surface area contributed by atoms with Crippen LogP contribution in [0.2, 0.25) is 0 Å². The van der Waals surface area contributed by atoms with Crippen molar-refractivity contribution >= 4 is 23.7 Å². The number of nitriles is 1. The van der Waals surface area contributed by atoms with Crippen LogP contribution >= 0.6 is 0 Å². The Kier molecular flexibility index (Phi) is 8.78. The number of nitrogens with zero attached hydrogens (tertiary/aromatic N) is 3. The Morgan fingerprint density at radius 3 is 2.34 bits per heavy atom. The van der Waals surface area contributed by atoms with Crippen molar-refractivity contribution < 1.29 is 37.0 Å². The maximum Gasteiger partial charge on any atom is 0.416 e. The van der Waals surface area contributed by atoms with E-state index >= 15 is 0 Å². The van der Waals surface area contributed by atoms with Gasteiger partial charge in [-0.2, -0.15) is 18.4 Å². The van der Waals surface area contributed by atoms with Gasteiger partial charge in [0.15, 0.2) is 0 Å². The van der Waals surface area contributed by atoms with Gasteiger partial charge < -0.3 is 14.4 Å². The van der Waals surface area contributed by atoms with E-state index in [0.29, 0.717) is 17.5 Å². The van der Waals surface area contributed by atoms with Gasteiger partial charge >= 0.3 is 24.1 Å². The minimum atomic E-state index is -4.68. The minimum absolute atomic E-state index is 0.00818. The van der Waals surface area contributed by atoms with E-state index in [-0.39, 0.29) is 30.2 Å². The third kappa shape index (κ3) is 5.96. The molecular formula is C27H26F3N3O5. The first-order valence-electron chi connectivity index (χ1n) is 11.8. The number of hydrogen-bond acceptors (Lipinski definition) is 6. The standard InChI is InChI=1S/C27H26F3N3O5/c1-4-13-38-22(34)16-32-24(19-11-9-18(15-31)10-12-19)23(25(35)37-5-2)17(3)33(26(32)36)21-8-6-7-20(14-21)27(28,29)30/h6-12,14,24H,4-5,13,16H2,1-3H3. The molecule has 1 heterocycles. The Morgan fingerprint density at radius 2 is 1.76 bits per heavy atom. The van der Waals surface area contributed by atoms with Gasteiger partial charge in [-0.1, -0.05) is 25.1 Å². The highest BCUT2D eigenvalue weighted by atomic mass is 19.4. The number of allylic oxidation sites excluding steroid dienone is 1. The summed E-state index contributed by atoms with van der Waals surface area (Å²) in [7, 11) is 0. The molecule has 1 aliphatic rings. The van der Waals surface area contributed by atoms with Gasteiger partial charge in [0.25, 0.3) is 0 Å². The topological polar surface area (TPSA) is 99.9 Å². The van der Waals surface area contributed by atoms with E-state index in [0.717, 1.165) is 28.0 Å². The Labute approximate surface area is 217 Å². The second kappa shape index (κ2) is 11.8.